The number of esters is 1. The van der Waals surface area contributed by atoms with Crippen LogP contribution in [0, 0.1) is 5.92 Å². The van der Waals surface area contributed by atoms with Crippen molar-refractivity contribution >= 4 is 5.97 Å². The van der Waals surface area contributed by atoms with Gasteiger partial charge >= 0.3 is 5.97 Å². The van der Waals surface area contributed by atoms with Crippen molar-refractivity contribution in [3.05, 3.63) is 0 Å². The molecule has 1 N–H and O–H groups in total. The van der Waals surface area contributed by atoms with E-state index in [-0.39, 0.29) is 5.92 Å². The van der Waals surface area contributed by atoms with E-state index in [1.807, 2.05) is 13.8 Å². The van der Waals surface area contributed by atoms with Crippen LogP contribution < -0.4 is 5.32 Å². The molecule has 0 aliphatic carbocycles. The van der Waals surface area contributed by atoms with E-state index in [4.69, 9.17) is 0 Å². The molecule has 0 aromatic rings. The summed E-state index contributed by atoms with van der Waals surface area (Å²) in [6.07, 6.45) is -1.76. The summed E-state index contributed by atoms with van der Waals surface area (Å²) in [6.45, 7) is 5.07. The lowest BCUT2D eigenvalue weighted by Crippen LogP contribution is -2.49. The Balaban J connectivity index is 4.44. The Morgan fingerprint density at radius 1 is 1.40 bits per heavy atom. The molecule has 0 amide bonds. The minimum absolute atomic E-state index is 0.0290. The van der Waals surface area contributed by atoms with Crippen LogP contribution in [-0.4, -0.2) is 31.6 Å². The first-order chi connectivity index (χ1) is 6.93. The van der Waals surface area contributed by atoms with E-state index in [1.165, 1.54) is 14.0 Å². The van der Waals surface area contributed by atoms with Crippen molar-refractivity contribution in [2.75, 3.05) is 7.11 Å². The average molecular weight is 223 g/mol. The Morgan fingerprint density at radius 3 is 2.27 bits per heavy atom. The molecule has 0 bridgehead atoms. The summed E-state index contributed by atoms with van der Waals surface area (Å²) in [5, 5.41) is 2.59. The molecule has 15 heavy (non-hydrogen) atoms. The van der Waals surface area contributed by atoms with Crippen molar-refractivity contribution < 1.29 is 18.3 Å². The van der Waals surface area contributed by atoms with Crippen LogP contribution >= 0.6 is 0 Å². The molecule has 3 atom stereocenters. The molecule has 90 valence electrons. The highest BCUT2D eigenvalue weighted by molar-refractivity contribution is 5.76. The van der Waals surface area contributed by atoms with E-state index in [0.29, 0.717) is 0 Å². The predicted molar refractivity (Wildman–Crippen MR) is 53.9 cm³/mol. The van der Waals surface area contributed by atoms with Gasteiger partial charge in [-0.15, -0.1) is 0 Å². The summed E-state index contributed by atoms with van der Waals surface area (Å²) in [7, 11) is 1.26. The molecule has 0 aromatic heterocycles. The maximum absolute atomic E-state index is 12.3. The van der Waals surface area contributed by atoms with Gasteiger partial charge in [0.15, 0.2) is 0 Å². The average Bonchev–Trinajstić information content (AvgIpc) is 2.23. The molecular formula is C10H19F2NO2. The molecule has 0 spiro atoms. The number of carbonyl (C=O) groups excluding carboxylic acids is 1. The third-order valence-corrected chi connectivity index (χ3v) is 2.49. The molecule has 3 unspecified atom stereocenters. The fourth-order valence-electron chi connectivity index (χ4n) is 1.18. The predicted octanol–water partition coefficient (Wildman–Crippen LogP) is 1.82. The highest BCUT2D eigenvalue weighted by Crippen LogP contribution is 2.12. The van der Waals surface area contributed by atoms with Crippen LogP contribution in [0.15, 0.2) is 0 Å². The van der Waals surface area contributed by atoms with E-state index in [9.17, 15) is 13.6 Å². The second-order valence-corrected chi connectivity index (χ2v) is 3.68. The molecule has 0 heterocycles. The standard InChI is InChI=1S/C10H19F2NO2/c1-5-6(2)8(10(14)15-4)13-7(3)9(11)12/h6-9,13H,5H2,1-4H3. The minimum Gasteiger partial charge on any atom is -0.468 e. The zero-order chi connectivity index (χ0) is 12.0. The second kappa shape index (κ2) is 6.71. The molecule has 0 aromatic carbocycles. The van der Waals surface area contributed by atoms with Gasteiger partial charge in [-0.25, -0.2) is 8.78 Å². The number of carbonyl (C=O) groups is 1. The monoisotopic (exact) mass is 223 g/mol. The van der Waals surface area contributed by atoms with Crippen molar-refractivity contribution in [1.82, 2.24) is 5.32 Å². The molecular weight excluding hydrogens is 204 g/mol. The third-order valence-electron chi connectivity index (χ3n) is 2.49. The Hall–Kier alpha value is -0.710. The molecule has 0 aliphatic heterocycles. The van der Waals surface area contributed by atoms with Gasteiger partial charge in [0.2, 0.25) is 0 Å². The number of nitrogens with one attached hydrogen (secondary N) is 1. The molecule has 0 fully saturated rings. The van der Waals surface area contributed by atoms with Crippen LogP contribution in [0.3, 0.4) is 0 Å². The van der Waals surface area contributed by atoms with Gasteiger partial charge in [-0.3, -0.25) is 10.1 Å². The number of rotatable bonds is 6. The normalized spacial score (nSPS) is 17.3. The Labute approximate surface area is 89.2 Å². The summed E-state index contributed by atoms with van der Waals surface area (Å²) in [5.74, 6) is -0.518. The summed E-state index contributed by atoms with van der Waals surface area (Å²) >= 11 is 0. The Bertz CT molecular complexity index is 200. The van der Waals surface area contributed by atoms with Crippen LogP contribution in [0.1, 0.15) is 27.2 Å². The van der Waals surface area contributed by atoms with E-state index < -0.39 is 24.5 Å². The quantitative estimate of drug-likeness (QED) is 0.698. The maximum Gasteiger partial charge on any atom is 0.323 e. The van der Waals surface area contributed by atoms with Crippen molar-refractivity contribution in [3.63, 3.8) is 0 Å². The van der Waals surface area contributed by atoms with E-state index in [1.54, 1.807) is 0 Å². The topological polar surface area (TPSA) is 38.3 Å². The third kappa shape index (κ3) is 4.55. The lowest BCUT2D eigenvalue weighted by molar-refractivity contribution is -0.145. The molecule has 5 heteroatoms. The zero-order valence-electron chi connectivity index (χ0n) is 9.59. The van der Waals surface area contributed by atoms with E-state index >= 15 is 0 Å². The SMILES string of the molecule is CCC(C)C(NC(C)C(F)F)C(=O)OC. The first kappa shape index (κ1) is 14.3. The number of halogens is 2. The molecule has 0 radical (unpaired) electrons. The minimum atomic E-state index is -2.48. The number of hydrogen-bond donors (Lipinski definition) is 1. The van der Waals surface area contributed by atoms with Gasteiger partial charge in [0, 0.05) is 0 Å². The van der Waals surface area contributed by atoms with Crippen molar-refractivity contribution in [3.8, 4) is 0 Å². The first-order valence-corrected chi connectivity index (χ1v) is 5.06. The maximum atomic E-state index is 12.3. The molecule has 0 aliphatic rings. The summed E-state index contributed by atoms with van der Waals surface area (Å²) < 4.78 is 29.2. The van der Waals surface area contributed by atoms with Crippen molar-refractivity contribution in [2.24, 2.45) is 5.92 Å². The summed E-state index contributed by atoms with van der Waals surface area (Å²) in [6, 6.07) is -1.67. The number of alkyl halides is 2. The van der Waals surface area contributed by atoms with Crippen LogP contribution in [0.4, 0.5) is 8.78 Å². The fourth-order valence-corrected chi connectivity index (χ4v) is 1.18. The second-order valence-electron chi connectivity index (χ2n) is 3.68. The Kier molecular flexibility index (Phi) is 6.40. The first-order valence-electron chi connectivity index (χ1n) is 5.06. The molecule has 0 rings (SSSR count). The van der Waals surface area contributed by atoms with Gasteiger partial charge in [0.05, 0.1) is 13.2 Å². The lowest BCUT2D eigenvalue weighted by Gasteiger charge is -2.25. The highest BCUT2D eigenvalue weighted by Gasteiger charge is 2.28. The van der Waals surface area contributed by atoms with Gasteiger partial charge in [-0.2, -0.15) is 0 Å². The number of ether oxygens (including phenoxy) is 1. The van der Waals surface area contributed by atoms with E-state index in [0.717, 1.165) is 6.42 Å². The van der Waals surface area contributed by atoms with Crippen LogP contribution in [0.2, 0.25) is 0 Å². The lowest BCUT2D eigenvalue weighted by atomic mass is 9.98. The molecule has 3 nitrogen and oxygen atoms in total. The van der Waals surface area contributed by atoms with Gasteiger partial charge in [0.1, 0.15) is 6.04 Å². The summed E-state index contributed by atoms with van der Waals surface area (Å²) in [5.41, 5.74) is 0. The molecule has 0 saturated heterocycles. The highest BCUT2D eigenvalue weighted by atomic mass is 19.3. The fraction of sp³-hybridized carbons (Fsp3) is 0.900. The van der Waals surface area contributed by atoms with Gasteiger partial charge in [-0.1, -0.05) is 20.3 Å². The largest absolute Gasteiger partial charge is 0.468 e. The van der Waals surface area contributed by atoms with Gasteiger partial charge in [-0.05, 0) is 12.8 Å². The smallest absolute Gasteiger partial charge is 0.323 e. The Morgan fingerprint density at radius 2 is 1.93 bits per heavy atom. The van der Waals surface area contributed by atoms with Crippen LogP contribution in [0.5, 0.6) is 0 Å². The van der Waals surface area contributed by atoms with E-state index in [2.05, 4.69) is 10.1 Å². The van der Waals surface area contributed by atoms with Crippen LogP contribution in [0.25, 0.3) is 0 Å². The van der Waals surface area contributed by atoms with Crippen molar-refractivity contribution in [1.29, 1.82) is 0 Å². The molecule has 0 saturated carbocycles. The number of methoxy groups -OCH3 is 1. The zero-order valence-corrected chi connectivity index (χ0v) is 9.59. The van der Waals surface area contributed by atoms with Gasteiger partial charge < -0.3 is 4.74 Å². The van der Waals surface area contributed by atoms with Crippen LogP contribution in [-0.2, 0) is 9.53 Å². The van der Waals surface area contributed by atoms with Crippen molar-refractivity contribution in [2.45, 2.75) is 45.7 Å². The van der Waals surface area contributed by atoms with Gasteiger partial charge in [0.25, 0.3) is 6.43 Å². The number of hydrogen-bond acceptors (Lipinski definition) is 3. The summed E-state index contributed by atoms with van der Waals surface area (Å²) in [4.78, 5) is 11.3.